The molecule has 0 amide bonds. The highest BCUT2D eigenvalue weighted by atomic mass is 15.3. The summed E-state index contributed by atoms with van der Waals surface area (Å²) in [6, 6.07) is 2.36. The molecule has 0 radical (unpaired) electrons. The lowest BCUT2D eigenvalue weighted by Gasteiger charge is -2.47. The molecule has 0 aromatic rings. The van der Waals surface area contributed by atoms with Crippen molar-refractivity contribution in [1.82, 2.24) is 10.2 Å². The third-order valence-corrected chi connectivity index (χ3v) is 5.89. The summed E-state index contributed by atoms with van der Waals surface area (Å²) in [6.07, 6.45) is 17.4. The van der Waals surface area contributed by atoms with Crippen LogP contribution in [0.1, 0.15) is 64.7 Å². The summed E-state index contributed by atoms with van der Waals surface area (Å²) in [7, 11) is 0. The molecule has 2 heteroatoms. The van der Waals surface area contributed by atoms with Gasteiger partial charge in [0.15, 0.2) is 0 Å². The maximum absolute atomic E-state index is 3.90. The summed E-state index contributed by atoms with van der Waals surface area (Å²) < 4.78 is 0. The van der Waals surface area contributed by atoms with Crippen LogP contribution in [0.4, 0.5) is 0 Å². The molecule has 0 aromatic heterocycles. The van der Waals surface area contributed by atoms with Gasteiger partial charge in [-0.2, -0.15) is 0 Å². The van der Waals surface area contributed by atoms with Crippen LogP contribution in [0.3, 0.4) is 0 Å². The molecule has 2 aliphatic carbocycles. The normalized spacial score (nSPS) is 37.1. The van der Waals surface area contributed by atoms with E-state index in [1.165, 1.54) is 70.9 Å². The molecule has 1 saturated heterocycles. The van der Waals surface area contributed by atoms with E-state index in [-0.39, 0.29) is 0 Å². The van der Waals surface area contributed by atoms with Gasteiger partial charge in [0.05, 0.1) is 0 Å². The number of piperazine rings is 1. The first kappa shape index (κ1) is 14.6. The summed E-state index contributed by atoms with van der Waals surface area (Å²) in [6.45, 7) is 4.89. The van der Waals surface area contributed by atoms with Crippen molar-refractivity contribution >= 4 is 0 Å². The topological polar surface area (TPSA) is 15.3 Å². The second-order valence-electron chi connectivity index (χ2n) is 7.11. The van der Waals surface area contributed by atoms with Gasteiger partial charge < -0.3 is 5.32 Å². The van der Waals surface area contributed by atoms with Crippen LogP contribution in [0.2, 0.25) is 0 Å². The lowest BCUT2D eigenvalue weighted by molar-refractivity contribution is 0.0519. The number of allylic oxidation sites excluding steroid dienone is 1. The minimum Gasteiger partial charge on any atom is -0.311 e. The second kappa shape index (κ2) is 7.09. The standard InChI is InChI=1S/C18H32N2/c1-2-16-13-19-18(15-9-5-3-6-10-15)14-20(16)17-11-7-4-8-12-17/h4,7,15-19H,2-3,5-6,8-14H2,1H3. The fourth-order valence-electron chi connectivity index (χ4n) is 4.60. The van der Waals surface area contributed by atoms with Crippen molar-refractivity contribution in [2.45, 2.75) is 82.8 Å². The van der Waals surface area contributed by atoms with Crippen LogP contribution < -0.4 is 5.32 Å². The molecule has 0 bridgehead atoms. The van der Waals surface area contributed by atoms with Crippen molar-refractivity contribution in [2.24, 2.45) is 5.92 Å². The molecule has 0 aromatic carbocycles. The molecule has 1 saturated carbocycles. The molecule has 1 N–H and O–H groups in total. The first-order valence-corrected chi connectivity index (χ1v) is 9.02. The molecule has 2 fully saturated rings. The molecular weight excluding hydrogens is 244 g/mol. The Morgan fingerprint density at radius 2 is 1.95 bits per heavy atom. The van der Waals surface area contributed by atoms with Gasteiger partial charge in [-0.25, -0.2) is 0 Å². The van der Waals surface area contributed by atoms with Crippen LogP contribution in [0.25, 0.3) is 0 Å². The molecule has 1 aliphatic heterocycles. The Morgan fingerprint density at radius 3 is 2.65 bits per heavy atom. The fraction of sp³-hybridized carbons (Fsp3) is 0.889. The van der Waals surface area contributed by atoms with Gasteiger partial charge in [0.2, 0.25) is 0 Å². The van der Waals surface area contributed by atoms with Gasteiger partial charge in [-0.05, 0) is 44.4 Å². The van der Waals surface area contributed by atoms with Crippen LogP contribution in [0.5, 0.6) is 0 Å². The van der Waals surface area contributed by atoms with Crippen LogP contribution in [0.15, 0.2) is 12.2 Å². The Kier molecular flexibility index (Phi) is 5.17. The Morgan fingerprint density at radius 1 is 1.10 bits per heavy atom. The highest BCUT2D eigenvalue weighted by Crippen LogP contribution is 2.30. The first-order chi connectivity index (χ1) is 9.88. The molecule has 20 heavy (non-hydrogen) atoms. The zero-order valence-corrected chi connectivity index (χ0v) is 13.2. The summed E-state index contributed by atoms with van der Waals surface area (Å²) in [5.74, 6) is 0.947. The van der Waals surface area contributed by atoms with Crippen LogP contribution in [-0.4, -0.2) is 36.1 Å². The van der Waals surface area contributed by atoms with Crippen molar-refractivity contribution in [2.75, 3.05) is 13.1 Å². The van der Waals surface area contributed by atoms with Gasteiger partial charge >= 0.3 is 0 Å². The maximum Gasteiger partial charge on any atom is 0.0224 e. The highest BCUT2D eigenvalue weighted by Gasteiger charge is 2.35. The van der Waals surface area contributed by atoms with E-state index in [1.807, 2.05) is 0 Å². The van der Waals surface area contributed by atoms with Crippen molar-refractivity contribution in [3.8, 4) is 0 Å². The second-order valence-corrected chi connectivity index (χ2v) is 7.11. The molecule has 3 atom stereocenters. The number of rotatable bonds is 3. The van der Waals surface area contributed by atoms with E-state index < -0.39 is 0 Å². The van der Waals surface area contributed by atoms with E-state index in [0.717, 1.165) is 24.0 Å². The van der Waals surface area contributed by atoms with Crippen LogP contribution in [0, 0.1) is 5.92 Å². The van der Waals surface area contributed by atoms with E-state index in [1.54, 1.807) is 0 Å². The van der Waals surface area contributed by atoms with Gasteiger partial charge in [0, 0.05) is 31.2 Å². The van der Waals surface area contributed by atoms with Crippen molar-refractivity contribution in [3.05, 3.63) is 12.2 Å². The zero-order chi connectivity index (χ0) is 13.8. The number of nitrogens with zero attached hydrogens (tertiary/aromatic N) is 1. The van der Waals surface area contributed by atoms with Crippen molar-refractivity contribution in [1.29, 1.82) is 0 Å². The maximum atomic E-state index is 3.90. The fourth-order valence-corrected chi connectivity index (χ4v) is 4.60. The largest absolute Gasteiger partial charge is 0.311 e. The number of hydrogen-bond donors (Lipinski definition) is 1. The molecule has 3 aliphatic rings. The minimum absolute atomic E-state index is 0.768. The molecular formula is C18H32N2. The smallest absolute Gasteiger partial charge is 0.0224 e. The lowest BCUT2D eigenvalue weighted by Crippen LogP contribution is -2.61. The first-order valence-electron chi connectivity index (χ1n) is 9.02. The summed E-state index contributed by atoms with van der Waals surface area (Å²) in [4.78, 5) is 2.87. The van der Waals surface area contributed by atoms with E-state index >= 15 is 0 Å². The van der Waals surface area contributed by atoms with E-state index in [4.69, 9.17) is 0 Å². The average Bonchev–Trinajstić information content (AvgIpc) is 2.56. The summed E-state index contributed by atoms with van der Waals surface area (Å²) in [5, 5.41) is 3.90. The van der Waals surface area contributed by atoms with Gasteiger partial charge in [-0.15, -0.1) is 0 Å². The van der Waals surface area contributed by atoms with Gasteiger partial charge in [-0.3, -0.25) is 4.90 Å². The van der Waals surface area contributed by atoms with Crippen LogP contribution >= 0.6 is 0 Å². The van der Waals surface area contributed by atoms with Gasteiger partial charge in [-0.1, -0.05) is 38.3 Å². The predicted molar refractivity (Wildman–Crippen MR) is 85.9 cm³/mol. The zero-order valence-electron chi connectivity index (χ0n) is 13.2. The van der Waals surface area contributed by atoms with Crippen molar-refractivity contribution in [3.63, 3.8) is 0 Å². The van der Waals surface area contributed by atoms with Crippen molar-refractivity contribution < 1.29 is 0 Å². The van der Waals surface area contributed by atoms with Crippen LogP contribution in [-0.2, 0) is 0 Å². The third kappa shape index (κ3) is 3.28. The molecule has 3 rings (SSSR count). The highest BCUT2D eigenvalue weighted by molar-refractivity contribution is 4.99. The van der Waals surface area contributed by atoms with E-state index in [9.17, 15) is 0 Å². The van der Waals surface area contributed by atoms with E-state index in [0.29, 0.717) is 0 Å². The Hall–Kier alpha value is -0.340. The Bertz CT molecular complexity index is 319. The molecule has 0 spiro atoms. The summed E-state index contributed by atoms with van der Waals surface area (Å²) >= 11 is 0. The lowest BCUT2D eigenvalue weighted by atomic mass is 9.82. The van der Waals surface area contributed by atoms with Gasteiger partial charge in [0.1, 0.15) is 0 Å². The SMILES string of the molecule is CCC1CNC(C2CCCCC2)CN1C1CC=CCC1. The predicted octanol–water partition coefficient (Wildman–Crippen LogP) is 3.73. The third-order valence-electron chi connectivity index (χ3n) is 5.89. The molecule has 3 unspecified atom stereocenters. The number of hydrogen-bond acceptors (Lipinski definition) is 2. The summed E-state index contributed by atoms with van der Waals surface area (Å²) in [5.41, 5.74) is 0. The monoisotopic (exact) mass is 276 g/mol. The molecule has 1 heterocycles. The van der Waals surface area contributed by atoms with Gasteiger partial charge in [0.25, 0.3) is 0 Å². The minimum atomic E-state index is 0.768. The Balaban J connectivity index is 1.63. The number of nitrogens with one attached hydrogen (secondary N) is 1. The van der Waals surface area contributed by atoms with E-state index in [2.05, 4.69) is 29.3 Å². The molecule has 114 valence electrons. The quantitative estimate of drug-likeness (QED) is 0.790. The molecule has 2 nitrogen and oxygen atoms in total. The Labute approximate surface area is 125 Å². The average molecular weight is 276 g/mol.